The summed E-state index contributed by atoms with van der Waals surface area (Å²) in [6.45, 7) is 13.1. The number of fused-ring (bicyclic) bond motifs is 5. The van der Waals surface area contributed by atoms with Crippen molar-refractivity contribution in [3.63, 3.8) is 0 Å². The third-order valence-corrected chi connectivity index (χ3v) is 23.7. The number of allylic oxidation sites excluding steroid dienone is 2. The molecule has 16 heteroatoms. The average Bonchev–Trinajstić information content (AvgIpc) is 1.32. The van der Waals surface area contributed by atoms with Crippen LogP contribution in [0.3, 0.4) is 0 Å². The van der Waals surface area contributed by atoms with Gasteiger partial charge < -0.3 is 68.6 Å². The summed E-state index contributed by atoms with van der Waals surface area (Å²) >= 11 is 3.20. The molecule has 0 aliphatic heterocycles. The number of aliphatic hydroxyl groups is 2. The fraction of sp³-hybridized carbons (Fsp3) is 0.705. The summed E-state index contributed by atoms with van der Waals surface area (Å²) in [5.41, 5.74) is 0.238. The number of phenols is 3. The Morgan fingerprint density at radius 2 is 0.936 bits per heavy atom. The second-order valence-electron chi connectivity index (χ2n) is 31.6. The Hall–Kier alpha value is -2.87. The Bertz CT molecular complexity index is 2730. The van der Waals surface area contributed by atoms with Crippen molar-refractivity contribution in [1.29, 1.82) is 0 Å². The largest absolute Gasteiger partial charge is 1.00 e. The Morgan fingerprint density at radius 3 is 1.37 bits per heavy atom. The molecule has 3 aromatic carbocycles. The van der Waals surface area contributed by atoms with Gasteiger partial charge in [-0.3, -0.25) is 9.59 Å². The van der Waals surface area contributed by atoms with Crippen molar-refractivity contribution in [2.75, 3.05) is 76.0 Å². The number of Topliss-reactive ketones (excluding diaryl/α,β-unsaturated/α-hetero) is 2. The number of aromatic hydroxyl groups is 3. The van der Waals surface area contributed by atoms with Crippen LogP contribution in [0.25, 0.3) is 0 Å². The Kier molecular flexibility index (Phi) is 33.6. The number of carbonyl (C=O) groups excluding carboxylic acids is 2. The third-order valence-electron chi connectivity index (χ3n) is 22.4. The zero-order valence-electron chi connectivity index (χ0n) is 59.6. The van der Waals surface area contributed by atoms with E-state index in [9.17, 15) is 30.0 Å². The smallest absolute Gasteiger partial charge is 0.241 e. The molecular weight excluding hydrogens is 1390 g/mol. The van der Waals surface area contributed by atoms with Gasteiger partial charge in [-0.05, 0) is 279 Å². The van der Waals surface area contributed by atoms with E-state index in [2.05, 4.69) is 105 Å². The number of hydrogen-bond acceptors (Lipinski definition) is 11. The molecule has 9 saturated carbocycles. The molecule has 530 valence electrons. The van der Waals surface area contributed by atoms with E-state index in [1.807, 2.05) is 44.4 Å². The number of phenolic OH excluding ortho intramolecular Hbond substituents is 3. The Balaban J connectivity index is 0.000000206. The van der Waals surface area contributed by atoms with Gasteiger partial charge in [0.2, 0.25) is 8.32 Å². The summed E-state index contributed by atoms with van der Waals surface area (Å²) in [4.78, 5) is 29.9. The number of carbonyl (C=O) groups is 2. The highest BCUT2D eigenvalue weighted by molar-refractivity contribution is 9.10. The van der Waals surface area contributed by atoms with E-state index in [4.69, 9.17) is 9.53 Å². The van der Waals surface area contributed by atoms with Gasteiger partial charge in [-0.1, -0.05) is 91.2 Å². The molecule has 10 aliphatic rings. The van der Waals surface area contributed by atoms with Crippen LogP contribution in [-0.2, 0) is 25.2 Å². The van der Waals surface area contributed by atoms with E-state index >= 15 is 0 Å². The zero-order chi connectivity index (χ0) is 66.9. The van der Waals surface area contributed by atoms with Gasteiger partial charge in [0.15, 0.2) is 0 Å². The van der Waals surface area contributed by atoms with Crippen LogP contribution in [0.4, 0.5) is 0 Å². The van der Waals surface area contributed by atoms with Gasteiger partial charge >= 0.3 is 0 Å². The van der Waals surface area contributed by atoms with Gasteiger partial charge in [-0.2, -0.15) is 0 Å². The maximum absolute atomic E-state index is 12.1. The molecule has 10 aliphatic carbocycles. The molecule has 0 radical (unpaired) electrons. The van der Waals surface area contributed by atoms with Gasteiger partial charge in [0.05, 0.1) is 17.0 Å². The Labute approximate surface area is 601 Å². The van der Waals surface area contributed by atoms with Crippen LogP contribution in [0.5, 0.6) is 17.2 Å². The first-order chi connectivity index (χ1) is 43.7. The predicted molar refractivity (Wildman–Crippen MR) is 390 cm³/mol. The van der Waals surface area contributed by atoms with Crippen LogP contribution >= 0.6 is 28.3 Å². The standard InChI is InChI=1S/2C18H27NO2.C12H21NO.C12H22OSi.C9H14O.C6H5BrO.C3H8N.ClH.HI/c2*1-19(2)12-15-10-9-13-5-3-8-17(13)18(15,21)14-6-4-7-16(20)11-14;1-13(2)8-10-7-6-9-4-3-5-11(9)12(10)14;1-14(2,3)13-12-9-5-7-10-6-4-8-11(10)12;10-9-6-2-4-7-3-1-5-8(7)9;7-5-2-1-3-6(8)4-5;1-4(2)3;;/h2*4,6-7,11,13,15,17,20-21H,3,5,8-10,12H2,1-2H3;9-11H,3-8H2,1-2H3;9-11H,4-8H2,1-3H3;7-8H,1-6H2;1-4,8H;1H2,2-3H3;2*1H/q;;;;;;+1;;/p-1. The van der Waals surface area contributed by atoms with Gasteiger partial charge in [0, 0.05) is 66.0 Å². The van der Waals surface area contributed by atoms with Crippen molar-refractivity contribution < 1.29 is 68.1 Å². The summed E-state index contributed by atoms with van der Waals surface area (Å²) in [5.74, 6) is 10.3. The van der Waals surface area contributed by atoms with E-state index in [0.29, 0.717) is 58.7 Å². The molecule has 94 heavy (non-hydrogen) atoms. The summed E-state index contributed by atoms with van der Waals surface area (Å²) in [5, 5.41) is 51.9. The van der Waals surface area contributed by atoms with Gasteiger partial charge in [-0.15, -0.1) is 12.4 Å². The minimum Gasteiger partial charge on any atom is -1.00 e. The number of ketones is 2. The van der Waals surface area contributed by atoms with Crippen molar-refractivity contribution in [3.05, 3.63) is 100 Å². The van der Waals surface area contributed by atoms with Crippen LogP contribution in [-0.4, -0.2) is 147 Å². The van der Waals surface area contributed by atoms with Crippen molar-refractivity contribution in [3.8, 4) is 17.2 Å². The number of benzene rings is 3. The predicted octanol–water partition coefficient (Wildman–Crippen LogP) is 13.5. The first kappa shape index (κ1) is 81.8. The van der Waals surface area contributed by atoms with Gasteiger partial charge in [0.25, 0.3) is 0 Å². The van der Waals surface area contributed by atoms with Crippen molar-refractivity contribution in [2.24, 2.45) is 76.9 Å². The van der Waals surface area contributed by atoms with Gasteiger partial charge in [0.1, 0.15) is 49.6 Å². The molecule has 9 fully saturated rings. The lowest BCUT2D eigenvalue weighted by atomic mass is 9.61. The van der Waals surface area contributed by atoms with Crippen molar-refractivity contribution >= 4 is 54.9 Å². The molecule has 0 bridgehead atoms. The summed E-state index contributed by atoms with van der Waals surface area (Å²) in [6.07, 6.45) is 34.5. The molecular formula is C78H125BrClIN4O8Si. The molecule has 13 rings (SSSR count). The quantitative estimate of drug-likeness (QED) is 0.0570. The Morgan fingerprint density at radius 1 is 0.532 bits per heavy atom. The second-order valence-corrected chi connectivity index (χ2v) is 36.9. The molecule has 0 heterocycles. The molecule has 5 N–H and O–H groups in total. The number of hydrogen-bond donors (Lipinski definition) is 5. The first-order valence-corrected chi connectivity index (χ1v) is 40.2. The molecule has 3 aromatic rings. The lowest BCUT2D eigenvalue weighted by Gasteiger charge is -2.49. The molecule has 0 spiro atoms. The lowest BCUT2D eigenvalue weighted by molar-refractivity contribution is -0.454. The van der Waals surface area contributed by atoms with Crippen LogP contribution in [0, 0.1) is 76.9 Å². The van der Waals surface area contributed by atoms with Gasteiger partial charge in [-0.25, -0.2) is 4.58 Å². The maximum atomic E-state index is 12.1. The molecule has 0 amide bonds. The molecule has 15 unspecified atom stereocenters. The molecule has 0 saturated heterocycles. The fourth-order valence-electron chi connectivity index (χ4n) is 18.6. The highest BCUT2D eigenvalue weighted by atomic mass is 127. The van der Waals surface area contributed by atoms with Crippen molar-refractivity contribution in [2.45, 2.75) is 198 Å². The van der Waals surface area contributed by atoms with E-state index in [1.54, 1.807) is 47.0 Å². The highest BCUT2D eigenvalue weighted by Gasteiger charge is 2.54. The monoisotopic (exact) mass is 1510 g/mol. The van der Waals surface area contributed by atoms with Crippen molar-refractivity contribution in [1.82, 2.24) is 14.7 Å². The van der Waals surface area contributed by atoms with Crippen LogP contribution in [0.1, 0.15) is 178 Å². The molecule has 15 atom stereocenters. The normalized spacial score (nSPS) is 31.8. The SMILES string of the molecule is C=[N+](C)C.CN(C)CC1CCC2CCCC2C1(O)c1cccc(O)c1.CN(C)CC1CCC2CCCC2C1(O)c1cccc(O)c1.CN(C)CC1CCC2CCCC2C1=O.C[Si](C)(C)OC1=CCCC2CCCC12.Cl.O=C1CCCC2CCCC12.Oc1cccc(Br)c1.[I-]. The zero-order valence-corrected chi connectivity index (χ0v) is 65.2. The highest BCUT2D eigenvalue weighted by Crippen LogP contribution is 2.57. The van der Waals surface area contributed by atoms with E-state index in [1.165, 1.54) is 134 Å². The maximum Gasteiger partial charge on any atom is 0.241 e. The molecule has 0 aromatic heterocycles. The molecule has 12 nitrogen and oxygen atoms in total. The summed E-state index contributed by atoms with van der Waals surface area (Å²) < 4.78 is 8.84. The van der Waals surface area contributed by atoms with E-state index < -0.39 is 19.5 Å². The second kappa shape index (κ2) is 38.6. The first-order valence-electron chi connectivity index (χ1n) is 36.0. The van der Waals surface area contributed by atoms with Crippen LogP contribution < -0.4 is 24.0 Å². The number of rotatable bonds is 10. The average molecular weight is 1520 g/mol. The fourth-order valence-corrected chi connectivity index (χ4v) is 19.9. The van der Waals surface area contributed by atoms with E-state index in [0.717, 1.165) is 97.4 Å². The number of halogens is 3. The third kappa shape index (κ3) is 23.1. The number of nitrogens with zero attached hydrogens (tertiary/aromatic N) is 4. The minimum absolute atomic E-state index is 0. The van der Waals surface area contributed by atoms with Crippen LogP contribution in [0.15, 0.2) is 89.1 Å². The van der Waals surface area contributed by atoms with Crippen LogP contribution in [0.2, 0.25) is 19.6 Å². The lowest BCUT2D eigenvalue weighted by Crippen LogP contribution is -3.00. The summed E-state index contributed by atoms with van der Waals surface area (Å²) in [7, 11) is 14.8. The summed E-state index contributed by atoms with van der Waals surface area (Å²) in [6, 6.07) is 21.5. The minimum atomic E-state index is -1.37. The van der Waals surface area contributed by atoms with E-state index in [-0.39, 0.29) is 59.7 Å². The topological polar surface area (TPSA) is 157 Å².